The molecule has 1 aromatic carbocycles. The van der Waals surface area contributed by atoms with Crippen molar-refractivity contribution in [1.29, 1.82) is 0 Å². The number of carbonyl (C=O) groups excluding carboxylic acids is 1. The first-order valence-corrected chi connectivity index (χ1v) is 12.3. The molecular weight excluding hydrogens is 434 g/mol. The Morgan fingerprint density at radius 1 is 1.12 bits per heavy atom. The number of carbonyl (C=O) groups is 1. The number of hydrogen-bond donors (Lipinski definition) is 0. The smallest absolute Gasteiger partial charge is 0.274 e. The molecule has 7 nitrogen and oxygen atoms in total. The van der Waals surface area contributed by atoms with E-state index in [2.05, 4.69) is 36.1 Å². The van der Waals surface area contributed by atoms with Gasteiger partial charge in [0, 0.05) is 56.6 Å². The molecule has 1 fully saturated rings. The molecule has 0 N–H and O–H groups in total. The fourth-order valence-electron chi connectivity index (χ4n) is 3.87. The number of hydrogen-bond acceptors (Lipinski definition) is 6. The van der Waals surface area contributed by atoms with E-state index >= 15 is 0 Å². The standard InChI is InChI=1S/C25H33N5O2S/c1-25(2,3)24-26-20(18-33-24)16-29-11-8-12-30(14-13-29)23(31)21-15-22(28(4)27-21)32-17-19-9-6-5-7-10-19/h5-7,9-10,15,18H,8,11-14,16-17H2,1-4H3. The van der Waals surface area contributed by atoms with Crippen molar-refractivity contribution in [2.75, 3.05) is 26.2 Å². The minimum absolute atomic E-state index is 0.0364. The third-order valence-corrected chi connectivity index (χ3v) is 7.06. The van der Waals surface area contributed by atoms with E-state index in [4.69, 9.17) is 9.72 Å². The third kappa shape index (κ3) is 6.00. The number of aromatic nitrogens is 3. The molecule has 3 heterocycles. The lowest BCUT2D eigenvalue weighted by atomic mass is 9.98. The third-order valence-electron chi connectivity index (χ3n) is 5.74. The van der Waals surface area contributed by atoms with Crippen molar-refractivity contribution in [1.82, 2.24) is 24.6 Å². The van der Waals surface area contributed by atoms with Gasteiger partial charge >= 0.3 is 0 Å². The number of ether oxygens (including phenoxy) is 1. The van der Waals surface area contributed by atoms with Gasteiger partial charge in [-0.2, -0.15) is 5.10 Å². The molecule has 0 saturated carbocycles. The van der Waals surface area contributed by atoms with Crippen LogP contribution in [-0.2, 0) is 25.6 Å². The second-order valence-electron chi connectivity index (χ2n) is 9.58. The quantitative estimate of drug-likeness (QED) is 0.546. The van der Waals surface area contributed by atoms with Gasteiger partial charge in [0.15, 0.2) is 5.69 Å². The zero-order valence-electron chi connectivity index (χ0n) is 20.0. The van der Waals surface area contributed by atoms with Crippen LogP contribution in [0.25, 0.3) is 0 Å². The van der Waals surface area contributed by atoms with Gasteiger partial charge in [-0.15, -0.1) is 11.3 Å². The molecule has 0 spiro atoms. The van der Waals surface area contributed by atoms with Gasteiger partial charge in [-0.3, -0.25) is 9.69 Å². The molecular formula is C25H33N5O2S. The first-order valence-electron chi connectivity index (χ1n) is 11.5. The van der Waals surface area contributed by atoms with Crippen molar-refractivity contribution in [2.24, 2.45) is 7.05 Å². The van der Waals surface area contributed by atoms with E-state index in [0.717, 1.165) is 43.9 Å². The molecule has 1 saturated heterocycles. The van der Waals surface area contributed by atoms with Crippen LogP contribution in [0.2, 0.25) is 0 Å². The molecule has 176 valence electrons. The predicted octanol–water partition coefficient (Wildman–Crippen LogP) is 4.10. The molecule has 0 bridgehead atoms. The number of nitrogens with zero attached hydrogens (tertiary/aromatic N) is 5. The van der Waals surface area contributed by atoms with Gasteiger partial charge in [-0.25, -0.2) is 9.67 Å². The SMILES string of the molecule is Cn1nc(C(=O)N2CCCN(Cc3csc(C(C)(C)C)n3)CC2)cc1OCc1ccccc1. The van der Waals surface area contributed by atoms with Gasteiger partial charge in [0.05, 0.1) is 10.7 Å². The van der Waals surface area contributed by atoms with Crippen molar-refractivity contribution in [3.8, 4) is 5.88 Å². The monoisotopic (exact) mass is 467 g/mol. The van der Waals surface area contributed by atoms with Crippen LogP contribution < -0.4 is 4.74 Å². The van der Waals surface area contributed by atoms with E-state index in [-0.39, 0.29) is 11.3 Å². The summed E-state index contributed by atoms with van der Waals surface area (Å²) < 4.78 is 7.52. The summed E-state index contributed by atoms with van der Waals surface area (Å²) in [4.78, 5) is 22.3. The summed E-state index contributed by atoms with van der Waals surface area (Å²) in [6.45, 7) is 11.1. The van der Waals surface area contributed by atoms with E-state index in [1.807, 2.05) is 35.2 Å². The molecule has 0 radical (unpaired) electrons. The first kappa shape index (κ1) is 23.4. The molecule has 0 unspecified atom stereocenters. The van der Waals surface area contributed by atoms with Crippen molar-refractivity contribution in [3.63, 3.8) is 0 Å². The normalized spacial score (nSPS) is 15.5. The predicted molar refractivity (Wildman–Crippen MR) is 131 cm³/mol. The second-order valence-corrected chi connectivity index (χ2v) is 10.4. The average Bonchev–Trinajstić information content (AvgIpc) is 3.34. The summed E-state index contributed by atoms with van der Waals surface area (Å²) in [5.74, 6) is 0.558. The molecule has 0 atom stereocenters. The van der Waals surface area contributed by atoms with Crippen molar-refractivity contribution in [3.05, 3.63) is 63.7 Å². The summed E-state index contributed by atoms with van der Waals surface area (Å²) in [6.07, 6.45) is 0.937. The molecule has 1 aliphatic rings. The largest absolute Gasteiger partial charge is 0.473 e. The lowest BCUT2D eigenvalue weighted by Gasteiger charge is -2.21. The Kier molecular flexibility index (Phi) is 7.14. The lowest BCUT2D eigenvalue weighted by molar-refractivity contribution is 0.0754. The minimum Gasteiger partial charge on any atom is -0.473 e. The highest BCUT2D eigenvalue weighted by Crippen LogP contribution is 2.26. The van der Waals surface area contributed by atoms with E-state index in [1.54, 1.807) is 29.1 Å². The van der Waals surface area contributed by atoms with Crippen LogP contribution in [0.3, 0.4) is 0 Å². The molecule has 1 aliphatic heterocycles. The minimum atomic E-state index is -0.0364. The van der Waals surface area contributed by atoms with Crippen LogP contribution in [0.1, 0.15) is 53.9 Å². The molecule has 1 amide bonds. The fraction of sp³-hybridized carbons (Fsp3) is 0.480. The fourth-order valence-corrected chi connectivity index (χ4v) is 4.77. The zero-order valence-corrected chi connectivity index (χ0v) is 20.8. The highest BCUT2D eigenvalue weighted by molar-refractivity contribution is 7.09. The van der Waals surface area contributed by atoms with Gasteiger partial charge in [0.25, 0.3) is 5.91 Å². The van der Waals surface area contributed by atoms with Gasteiger partial charge in [0.2, 0.25) is 5.88 Å². The summed E-state index contributed by atoms with van der Waals surface area (Å²) in [5, 5.41) is 7.76. The number of amides is 1. The van der Waals surface area contributed by atoms with Gasteiger partial charge < -0.3 is 9.64 Å². The second kappa shape index (κ2) is 10.1. The number of thiazole rings is 1. The topological polar surface area (TPSA) is 63.5 Å². The highest BCUT2D eigenvalue weighted by atomic mass is 32.1. The Labute approximate surface area is 200 Å². The molecule has 2 aromatic heterocycles. The van der Waals surface area contributed by atoms with Crippen LogP contribution in [0, 0.1) is 0 Å². The van der Waals surface area contributed by atoms with Crippen LogP contribution in [0.15, 0.2) is 41.8 Å². The first-order chi connectivity index (χ1) is 15.8. The number of aryl methyl sites for hydroxylation is 1. The van der Waals surface area contributed by atoms with Gasteiger partial charge in [0.1, 0.15) is 6.61 Å². The van der Waals surface area contributed by atoms with Gasteiger partial charge in [-0.05, 0) is 12.0 Å². The van der Waals surface area contributed by atoms with Crippen molar-refractivity contribution < 1.29 is 9.53 Å². The van der Waals surface area contributed by atoms with Crippen LogP contribution in [0.4, 0.5) is 0 Å². The van der Waals surface area contributed by atoms with Crippen molar-refractivity contribution >= 4 is 17.2 Å². The van der Waals surface area contributed by atoms with E-state index in [1.165, 1.54) is 5.01 Å². The number of benzene rings is 1. The average molecular weight is 468 g/mol. The molecule has 8 heteroatoms. The molecule has 4 rings (SSSR count). The summed E-state index contributed by atoms with van der Waals surface area (Å²) in [6, 6.07) is 11.7. The van der Waals surface area contributed by atoms with E-state index < -0.39 is 0 Å². The molecule has 0 aliphatic carbocycles. The number of rotatable bonds is 6. The van der Waals surface area contributed by atoms with Crippen LogP contribution in [0.5, 0.6) is 5.88 Å². The van der Waals surface area contributed by atoms with E-state index in [0.29, 0.717) is 24.7 Å². The Bertz CT molecular complexity index is 1070. The van der Waals surface area contributed by atoms with Crippen LogP contribution in [-0.4, -0.2) is 56.7 Å². The van der Waals surface area contributed by atoms with Crippen molar-refractivity contribution in [2.45, 2.75) is 45.8 Å². The Hall–Kier alpha value is -2.71. The maximum Gasteiger partial charge on any atom is 0.274 e. The van der Waals surface area contributed by atoms with Crippen LogP contribution >= 0.6 is 11.3 Å². The van der Waals surface area contributed by atoms with Gasteiger partial charge in [-0.1, -0.05) is 51.1 Å². The summed E-state index contributed by atoms with van der Waals surface area (Å²) in [5.41, 5.74) is 2.71. The summed E-state index contributed by atoms with van der Waals surface area (Å²) in [7, 11) is 1.81. The Balaban J connectivity index is 1.33. The maximum absolute atomic E-state index is 13.1. The molecule has 3 aromatic rings. The lowest BCUT2D eigenvalue weighted by Crippen LogP contribution is -2.35. The summed E-state index contributed by atoms with van der Waals surface area (Å²) >= 11 is 1.73. The maximum atomic E-state index is 13.1. The Morgan fingerprint density at radius 2 is 1.91 bits per heavy atom. The van der Waals surface area contributed by atoms with E-state index in [9.17, 15) is 4.79 Å². The zero-order chi connectivity index (χ0) is 23.4. The highest BCUT2D eigenvalue weighted by Gasteiger charge is 2.24. The molecule has 33 heavy (non-hydrogen) atoms. The Morgan fingerprint density at radius 3 is 2.64 bits per heavy atom.